The lowest BCUT2D eigenvalue weighted by atomic mass is 9.89. The second-order valence-corrected chi connectivity index (χ2v) is 7.29. The van der Waals surface area contributed by atoms with Crippen LogP contribution in [-0.4, -0.2) is 88.7 Å². The highest BCUT2D eigenvalue weighted by Crippen LogP contribution is 2.40. The Balaban J connectivity index is 1.93. The fourth-order valence-corrected chi connectivity index (χ4v) is 3.30. The first-order valence-electron chi connectivity index (χ1n) is 9.27. The Labute approximate surface area is 176 Å². The van der Waals surface area contributed by atoms with E-state index in [0.717, 1.165) is 12.2 Å². The summed E-state index contributed by atoms with van der Waals surface area (Å²) in [6.07, 6.45) is -3.13. The third-order valence-electron chi connectivity index (χ3n) is 5.07. The summed E-state index contributed by atoms with van der Waals surface area (Å²) >= 11 is 0. The van der Waals surface area contributed by atoms with Gasteiger partial charge in [-0.2, -0.15) is 0 Å². The molecule has 31 heavy (non-hydrogen) atoms. The van der Waals surface area contributed by atoms with Gasteiger partial charge in [0.25, 0.3) is 0 Å². The van der Waals surface area contributed by atoms with Crippen molar-refractivity contribution in [1.29, 1.82) is 0 Å². The first kappa shape index (κ1) is 23.2. The normalized spacial score (nSPS) is 38.7. The molecule has 170 valence electrons. The molecular formula is C20H24O11. The van der Waals surface area contributed by atoms with Crippen LogP contribution in [-0.2, 0) is 9.47 Å². The molecule has 0 spiro atoms. The number of aromatic hydroxyl groups is 1. The zero-order valence-electron chi connectivity index (χ0n) is 16.1. The summed E-state index contributed by atoms with van der Waals surface area (Å²) in [5, 5.41) is 90.4. The largest absolute Gasteiger partial charge is 0.508 e. The molecule has 0 aromatic heterocycles. The Kier molecular flexibility index (Phi) is 6.41. The highest BCUT2D eigenvalue weighted by atomic mass is 16.9. The molecule has 3 rings (SSSR count). The molecule has 1 aromatic rings. The summed E-state index contributed by atoms with van der Waals surface area (Å²) in [6.45, 7) is -0.873. The molecule has 2 aliphatic rings. The minimum Gasteiger partial charge on any atom is -0.508 e. The van der Waals surface area contributed by atoms with Crippen LogP contribution in [0.25, 0.3) is 6.08 Å². The zero-order valence-corrected chi connectivity index (χ0v) is 16.1. The van der Waals surface area contributed by atoms with Crippen molar-refractivity contribution in [3.63, 3.8) is 0 Å². The summed E-state index contributed by atoms with van der Waals surface area (Å²) in [5.74, 6) is -8.67. The molecule has 9 N–H and O–H groups in total. The average Bonchev–Trinajstić information content (AvgIpc) is 2.72. The molecule has 1 aliphatic heterocycles. The van der Waals surface area contributed by atoms with Gasteiger partial charge in [-0.1, -0.05) is 24.3 Å². The van der Waals surface area contributed by atoms with E-state index in [2.05, 4.69) is 0 Å². The van der Waals surface area contributed by atoms with Gasteiger partial charge in [-0.3, -0.25) is 4.74 Å². The molecular weight excluding hydrogens is 416 g/mol. The van der Waals surface area contributed by atoms with E-state index in [0.29, 0.717) is 5.56 Å². The molecule has 11 nitrogen and oxygen atoms in total. The van der Waals surface area contributed by atoms with E-state index in [1.165, 1.54) is 24.3 Å². The van der Waals surface area contributed by atoms with E-state index in [1.807, 2.05) is 0 Å². The van der Waals surface area contributed by atoms with Crippen LogP contribution in [0, 0.1) is 5.92 Å². The van der Waals surface area contributed by atoms with E-state index >= 15 is 0 Å². The second-order valence-electron chi connectivity index (χ2n) is 7.29. The molecule has 1 saturated heterocycles. The molecule has 0 bridgehead atoms. The number of aliphatic hydroxyl groups excluding tert-OH is 6. The first-order valence-corrected chi connectivity index (χ1v) is 9.27. The maximum Gasteiger partial charge on any atom is 0.314 e. The summed E-state index contributed by atoms with van der Waals surface area (Å²) in [4.78, 5) is 0. The van der Waals surface area contributed by atoms with Gasteiger partial charge in [-0.25, -0.2) is 0 Å². The van der Waals surface area contributed by atoms with Crippen molar-refractivity contribution < 1.29 is 55.4 Å². The Hall–Kier alpha value is -2.48. The number of allylic oxidation sites excluding steroid dienone is 1. The van der Waals surface area contributed by atoms with Crippen LogP contribution in [0.2, 0.25) is 0 Å². The lowest BCUT2D eigenvalue weighted by Crippen LogP contribution is -2.68. The quantitative estimate of drug-likeness (QED) is 0.248. The van der Waals surface area contributed by atoms with Gasteiger partial charge in [0.1, 0.15) is 29.8 Å². The fraction of sp³-hybridized carbons (Fsp3) is 0.400. The van der Waals surface area contributed by atoms with Gasteiger partial charge in [0.05, 0.1) is 12.5 Å². The number of rotatable bonds is 5. The summed E-state index contributed by atoms with van der Waals surface area (Å²) < 4.78 is 10.1. The van der Waals surface area contributed by atoms with E-state index in [1.54, 1.807) is 12.1 Å². The summed E-state index contributed by atoms with van der Waals surface area (Å²) in [7, 11) is 0. The summed E-state index contributed by atoms with van der Waals surface area (Å²) in [5.41, 5.74) is 0.564. The van der Waals surface area contributed by atoms with Crippen molar-refractivity contribution in [2.75, 3.05) is 6.61 Å². The van der Waals surface area contributed by atoms with E-state index < -0.39 is 60.2 Å². The fourth-order valence-electron chi connectivity index (χ4n) is 3.30. The van der Waals surface area contributed by atoms with E-state index in [9.17, 15) is 46.0 Å². The molecule has 11 heteroatoms. The molecule has 0 amide bonds. The third kappa shape index (κ3) is 4.44. The minimum absolute atomic E-state index is 0.0256. The number of benzene rings is 1. The molecule has 2 unspecified atom stereocenters. The maximum absolute atomic E-state index is 11.0. The van der Waals surface area contributed by atoms with Gasteiger partial charge in [0.15, 0.2) is 11.9 Å². The second kappa shape index (κ2) is 8.57. The highest BCUT2D eigenvalue weighted by molar-refractivity contribution is 5.52. The third-order valence-corrected chi connectivity index (χ3v) is 5.07. The van der Waals surface area contributed by atoms with E-state index in [4.69, 9.17) is 9.47 Å². The SMILES string of the molecule is OC[C@H]1O[C@](O)(OC2(O)C(O)=CC(O)=CC2C=Cc2ccc(O)cc2)[C@H](O)[C@@H](O)[C@@H]1O. The zero-order chi connectivity index (χ0) is 23.0. The standard InChI is InChI=1S/C20H24O11/c21-9-14-16(25)17(26)18(27)20(29,30-14)31-19(28)11(7-13(23)8-15(19)24)4-1-10-2-5-12(22)6-3-10/h1-8,11,14,16-18,21-29H,9H2/t11?,14-,16-,17+,18-,19?,20+/m1/s1. The number of hydrogen-bond acceptors (Lipinski definition) is 11. The summed E-state index contributed by atoms with van der Waals surface area (Å²) in [6, 6.07) is 5.90. The van der Waals surface area contributed by atoms with Crippen LogP contribution in [0.1, 0.15) is 5.56 Å². The molecule has 1 heterocycles. The van der Waals surface area contributed by atoms with Gasteiger partial charge in [-0.05, 0) is 23.8 Å². The number of phenols is 1. The topological polar surface area (TPSA) is 201 Å². The molecule has 7 atom stereocenters. The predicted octanol–water partition coefficient (Wildman–Crippen LogP) is -1.26. The van der Waals surface area contributed by atoms with Gasteiger partial charge in [0.2, 0.25) is 5.79 Å². The van der Waals surface area contributed by atoms with Crippen LogP contribution in [0.15, 0.2) is 54.0 Å². The van der Waals surface area contributed by atoms with Crippen LogP contribution >= 0.6 is 0 Å². The van der Waals surface area contributed by atoms with Crippen LogP contribution in [0.5, 0.6) is 5.75 Å². The average molecular weight is 440 g/mol. The van der Waals surface area contributed by atoms with Crippen molar-refractivity contribution >= 4 is 6.08 Å². The van der Waals surface area contributed by atoms with Crippen LogP contribution in [0.4, 0.5) is 0 Å². The van der Waals surface area contributed by atoms with Gasteiger partial charge in [-0.15, -0.1) is 0 Å². The molecule has 1 fully saturated rings. The van der Waals surface area contributed by atoms with Gasteiger partial charge in [0, 0.05) is 6.08 Å². The Morgan fingerprint density at radius 1 is 1.00 bits per heavy atom. The molecule has 0 saturated carbocycles. The lowest BCUT2D eigenvalue weighted by Gasteiger charge is -2.48. The van der Waals surface area contributed by atoms with Gasteiger partial charge < -0.3 is 50.7 Å². The maximum atomic E-state index is 11.0. The lowest BCUT2D eigenvalue weighted by molar-refractivity contribution is -0.491. The van der Waals surface area contributed by atoms with Crippen molar-refractivity contribution in [3.05, 3.63) is 59.6 Å². The predicted molar refractivity (Wildman–Crippen MR) is 103 cm³/mol. The first-order chi connectivity index (χ1) is 14.5. The Morgan fingerprint density at radius 2 is 1.65 bits per heavy atom. The van der Waals surface area contributed by atoms with Gasteiger partial charge >= 0.3 is 5.97 Å². The minimum atomic E-state index is -3.16. The number of hydrogen-bond donors (Lipinski definition) is 9. The van der Waals surface area contributed by atoms with E-state index in [-0.39, 0.29) is 5.75 Å². The monoisotopic (exact) mass is 440 g/mol. The van der Waals surface area contributed by atoms with Crippen molar-refractivity contribution in [2.45, 2.75) is 36.2 Å². The van der Waals surface area contributed by atoms with Crippen molar-refractivity contribution in [3.8, 4) is 5.75 Å². The van der Waals surface area contributed by atoms with Crippen LogP contribution in [0.3, 0.4) is 0 Å². The van der Waals surface area contributed by atoms with Crippen molar-refractivity contribution in [2.24, 2.45) is 5.92 Å². The molecule has 1 aromatic carbocycles. The Bertz CT molecular complexity index is 878. The molecule has 1 aliphatic carbocycles. The Morgan fingerprint density at radius 3 is 2.26 bits per heavy atom. The smallest absolute Gasteiger partial charge is 0.314 e. The molecule has 0 radical (unpaired) electrons. The number of ether oxygens (including phenoxy) is 2. The number of phenolic OH excluding ortho intramolecular Hbond substituents is 1. The number of aliphatic hydroxyl groups is 8. The van der Waals surface area contributed by atoms with Crippen molar-refractivity contribution in [1.82, 2.24) is 0 Å². The highest BCUT2D eigenvalue weighted by Gasteiger charge is 2.59. The van der Waals surface area contributed by atoms with Crippen LogP contribution < -0.4 is 0 Å².